The standard InChI is InChI=1S/C11H12N2O2.C9H11NO2.C5H11NO2S.C3H7NO2/c12-9(11(14)15)5-7-6-13-10-4-2-1-3-8(7)10;10-8(9(11)12)6-7-4-2-1-3-5-7;1-9-3-2-4(6)5(7)8;1-2(4)3(5)6/h1-4,6,9,13H,5,12H2,(H,14,15);1-5,8H,6,10H2,(H,11,12);4H,2-3,6H2,1H3,(H,7,8);2H,4H2,1H3,(H,5,6)/t9-;8-;4-;2-/m0000/s1. The van der Waals surface area contributed by atoms with E-state index < -0.39 is 48.0 Å². The summed E-state index contributed by atoms with van der Waals surface area (Å²) in [7, 11) is 0. The zero-order chi connectivity index (χ0) is 32.2. The Bertz CT molecular complexity index is 1240. The number of fused-ring (bicyclic) bond motifs is 1. The zero-order valence-corrected chi connectivity index (χ0v) is 24.4. The highest BCUT2D eigenvalue weighted by molar-refractivity contribution is 7.98. The van der Waals surface area contributed by atoms with E-state index in [9.17, 15) is 19.2 Å². The normalized spacial score (nSPS) is 12.9. The number of thioether (sulfide) groups is 1. The summed E-state index contributed by atoms with van der Waals surface area (Å²) in [5, 5.41) is 34.4. The molecule has 4 atom stereocenters. The zero-order valence-electron chi connectivity index (χ0n) is 23.6. The molecule has 13 N–H and O–H groups in total. The Balaban J connectivity index is 0.000000563. The summed E-state index contributed by atoms with van der Waals surface area (Å²) in [6.07, 6.45) is 5.02. The van der Waals surface area contributed by atoms with E-state index in [2.05, 4.69) is 4.98 Å². The fraction of sp³-hybridized carbons (Fsp3) is 0.357. The smallest absolute Gasteiger partial charge is 0.320 e. The third-order valence-electron chi connectivity index (χ3n) is 5.39. The molecule has 3 rings (SSSR count). The van der Waals surface area contributed by atoms with Gasteiger partial charge in [0.1, 0.15) is 24.2 Å². The van der Waals surface area contributed by atoms with Crippen LogP contribution in [0.5, 0.6) is 0 Å². The first kappa shape index (κ1) is 38.0. The van der Waals surface area contributed by atoms with Crippen LogP contribution in [0.25, 0.3) is 10.9 Å². The second kappa shape index (κ2) is 20.9. The lowest BCUT2D eigenvalue weighted by Gasteiger charge is -2.04. The van der Waals surface area contributed by atoms with Crippen molar-refractivity contribution in [1.29, 1.82) is 0 Å². The van der Waals surface area contributed by atoms with E-state index >= 15 is 0 Å². The molecule has 0 aliphatic rings. The summed E-state index contributed by atoms with van der Waals surface area (Å²) in [5.74, 6) is -2.99. The van der Waals surface area contributed by atoms with Gasteiger partial charge in [-0.05, 0) is 49.0 Å². The van der Waals surface area contributed by atoms with Gasteiger partial charge in [0.25, 0.3) is 0 Å². The molecule has 232 valence electrons. The van der Waals surface area contributed by atoms with Crippen molar-refractivity contribution in [3.05, 3.63) is 71.9 Å². The summed E-state index contributed by atoms with van der Waals surface area (Å²) < 4.78 is 0. The van der Waals surface area contributed by atoms with Crippen LogP contribution in [-0.4, -0.2) is 85.5 Å². The lowest BCUT2D eigenvalue weighted by Crippen LogP contribution is -2.32. The number of para-hydroxylation sites is 1. The van der Waals surface area contributed by atoms with Gasteiger partial charge in [-0.1, -0.05) is 48.5 Å². The van der Waals surface area contributed by atoms with Gasteiger partial charge >= 0.3 is 23.9 Å². The topological polar surface area (TPSA) is 269 Å². The molecule has 2 aromatic carbocycles. The Hall–Kier alpha value is -3.95. The third-order valence-corrected chi connectivity index (χ3v) is 6.03. The number of carboxylic acid groups (broad SMARTS) is 4. The summed E-state index contributed by atoms with van der Waals surface area (Å²) in [6.45, 7) is 1.42. The molecule has 0 aliphatic heterocycles. The minimum atomic E-state index is -0.972. The SMILES string of the molecule is CSCC[C@H](N)C(=O)O.C[C@H](N)C(=O)O.N[C@@H](Cc1c[nH]c2ccccc12)C(=O)O.N[C@@H](Cc1ccccc1)C(=O)O. The molecule has 1 heterocycles. The second-order valence-corrected chi connectivity index (χ2v) is 9.98. The van der Waals surface area contributed by atoms with E-state index in [4.69, 9.17) is 43.4 Å². The molecule has 0 bridgehead atoms. The number of carbonyl (C=O) groups is 4. The lowest BCUT2D eigenvalue weighted by atomic mass is 10.1. The van der Waals surface area contributed by atoms with Gasteiger partial charge in [0, 0.05) is 23.5 Å². The minimum Gasteiger partial charge on any atom is -0.480 e. The summed E-state index contributed by atoms with van der Waals surface area (Å²) >= 11 is 1.60. The molecule has 1 aromatic heterocycles. The van der Waals surface area contributed by atoms with Crippen LogP contribution in [0.4, 0.5) is 0 Å². The first-order valence-electron chi connectivity index (χ1n) is 12.7. The van der Waals surface area contributed by atoms with Crippen LogP contribution in [0.15, 0.2) is 60.8 Å². The van der Waals surface area contributed by atoms with Crippen molar-refractivity contribution >= 4 is 46.5 Å². The minimum absolute atomic E-state index is 0.347. The van der Waals surface area contributed by atoms with Crippen molar-refractivity contribution < 1.29 is 39.6 Å². The van der Waals surface area contributed by atoms with Gasteiger partial charge in [-0.15, -0.1) is 0 Å². The average Bonchev–Trinajstić information content (AvgIpc) is 3.35. The number of rotatable bonds is 11. The van der Waals surface area contributed by atoms with Crippen molar-refractivity contribution in [3.63, 3.8) is 0 Å². The van der Waals surface area contributed by atoms with Crippen molar-refractivity contribution in [1.82, 2.24) is 4.98 Å². The van der Waals surface area contributed by atoms with Gasteiger partial charge in [0.05, 0.1) is 0 Å². The Morgan fingerprint density at radius 2 is 1.21 bits per heavy atom. The van der Waals surface area contributed by atoms with E-state index in [0.29, 0.717) is 19.3 Å². The molecule has 14 heteroatoms. The highest BCUT2D eigenvalue weighted by Crippen LogP contribution is 2.18. The number of hydrogen-bond acceptors (Lipinski definition) is 9. The Morgan fingerprint density at radius 1 is 0.738 bits per heavy atom. The lowest BCUT2D eigenvalue weighted by molar-refractivity contribution is -0.139. The molecule has 13 nitrogen and oxygen atoms in total. The molecule has 0 amide bonds. The summed E-state index contributed by atoms with van der Waals surface area (Å²) in [4.78, 5) is 43.7. The molecule has 0 unspecified atom stereocenters. The van der Waals surface area contributed by atoms with Gasteiger partial charge in [-0.25, -0.2) is 0 Å². The van der Waals surface area contributed by atoms with Gasteiger partial charge in [-0.2, -0.15) is 11.8 Å². The maximum absolute atomic E-state index is 10.6. The molecular weight excluding hydrogens is 566 g/mol. The highest BCUT2D eigenvalue weighted by Gasteiger charge is 2.14. The van der Waals surface area contributed by atoms with Crippen LogP contribution in [0.3, 0.4) is 0 Å². The second-order valence-electron chi connectivity index (χ2n) is 9.00. The fourth-order valence-corrected chi connectivity index (χ4v) is 3.44. The van der Waals surface area contributed by atoms with Gasteiger partial charge in [0.2, 0.25) is 0 Å². The number of aromatic nitrogens is 1. The Morgan fingerprint density at radius 3 is 1.69 bits per heavy atom. The predicted octanol–water partition coefficient (Wildman–Crippen LogP) is 1.33. The van der Waals surface area contributed by atoms with E-state index in [1.54, 1.807) is 11.8 Å². The van der Waals surface area contributed by atoms with Gasteiger partial charge in [-0.3, -0.25) is 19.2 Å². The van der Waals surface area contributed by atoms with Crippen LogP contribution < -0.4 is 22.9 Å². The maximum atomic E-state index is 10.6. The average molecular weight is 608 g/mol. The molecule has 0 saturated heterocycles. The largest absolute Gasteiger partial charge is 0.480 e. The van der Waals surface area contributed by atoms with E-state index in [1.807, 2.05) is 67.0 Å². The van der Waals surface area contributed by atoms with Crippen molar-refractivity contribution in [2.45, 2.75) is 50.4 Å². The monoisotopic (exact) mass is 607 g/mol. The molecule has 0 saturated carbocycles. The highest BCUT2D eigenvalue weighted by atomic mass is 32.2. The van der Waals surface area contributed by atoms with Gasteiger partial charge in [0.15, 0.2) is 0 Å². The predicted molar refractivity (Wildman–Crippen MR) is 163 cm³/mol. The van der Waals surface area contributed by atoms with E-state index in [-0.39, 0.29) is 0 Å². The maximum Gasteiger partial charge on any atom is 0.320 e. The molecule has 0 radical (unpaired) electrons. The van der Waals surface area contributed by atoms with Crippen molar-refractivity contribution in [2.75, 3.05) is 12.0 Å². The van der Waals surface area contributed by atoms with Crippen molar-refractivity contribution in [2.24, 2.45) is 22.9 Å². The van der Waals surface area contributed by atoms with Crippen LogP contribution >= 0.6 is 11.8 Å². The molecule has 0 spiro atoms. The number of aromatic amines is 1. The number of hydrogen-bond donors (Lipinski definition) is 9. The van der Waals surface area contributed by atoms with Crippen LogP contribution in [0.1, 0.15) is 24.5 Å². The molecule has 42 heavy (non-hydrogen) atoms. The van der Waals surface area contributed by atoms with Crippen LogP contribution in [-0.2, 0) is 32.0 Å². The summed E-state index contributed by atoms with van der Waals surface area (Å²) in [6, 6.07) is 14.0. The first-order valence-corrected chi connectivity index (χ1v) is 14.1. The fourth-order valence-electron chi connectivity index (χ4n) is 2.95. The molecule has 0 fully saturated rings. The number of nitrogens with two attached hydrogens (primary N) is 4. The number of benzene rings is 2. The first-order chi connectivity index (χ1) is 19.7. The van der Waals surface area contributed by atoms with E-state index in [0.717, 1.165) is 27.8 Å². The molecular formula is C28H41N5O8S. The third kappa shape index (κ3) is 16.3. The molecule has 0 aliphatic carbocycles. The number of H-pyrrole nitrogens is 1. The Labute approximate surface area is 248 Å². The van der Waals surface area contributed by atoms with Crippen LogP contribution in [0, 0.1) is 0 Å². The molecule has 3 aromatic rings. The van der Waals surface area contributed by atoms with Gasteiger partial charge < -0.3 is 48.3 Å². The quantitative estimate of drug-likeness (QED) is 0.149. The van der Waals surface area contributed by atoms with Crippen molar-refractivity contribution in [3.8, 4) is 0 Å². The summed E-state index contributed by atoms with van der Waals surface area (Å²) in [5.41, 5.74) is 23.8. The number of aliphatic carboxylic acids is 4. The number of carboxylic acids is 4. The van der Waals surface area contributed by atoms with Crippen LogP contribution in [0.2, 0.25) is 0 Å². The van der Waals surface area contributed by atoms with E-state index in [1.165, 1.54) is 6.92 Å². The Kier molecular flexibility index (Phi) is 18.9. The number of nitrogens with one attached hydrogen (secondary N) is 1.